The van der Waals surface area contributed by atoms with Gasteiger partial charge in [0.15, 0.2) is 10.9 Å². The summed E-state index contributed by atoms with van der Waals surface area (Å²) in [5, 5.41) is -0.756. The van der Waals surface area contributed by atoms with Crippen LogP contribution in [0.1, 0.15) is 5.69 Å². The first-order valence-electron chi connectivity index (χ1n) is 3.64. The van der Waals surface area contributed by atoms with Crippen LogP contribution in [-0.4, -0.2) is 11.3 Å². The van der Waals surface area contributed by atoms with Gasteiger partial charge in [0.1, 0.15) is 0 Å². The second kappa shape index (κ2) is 4.42. The molecule has 0 unspecified atom stereocenters. The lowest BCUT2D eigenvalue weighted by Gasteiger charge is -2.11. The van der Waals surface area contributed by atoms with Gasteiger partial charge in [-0.25, -0.2) is 4.98 Å². The molecule has 3 nitrogen and oxygen atoms in total. The van der Waals surface area contributed by atoms with Crippen LogP contribution in [0.25, 0.3) is 0 Å². The lowest BCUT2D eigenvalue weighted by atomic mass is 10.3. The fourth-order valence-electron chi connectivity index (χ4n) is 0.831. The number of rotatable bonds is 2. The van der Waals surface area contributed by atoms with Gasteiger partial charge in [-0.1, -0.05) is 23.2 Å². The van der Waals surface area contributed by atoms with E-state index in [1.54, 1.807) is 0 Å². The molecule has 0 aliphatic carbocycles. The van der Waals surface area contributed by atoms with Crippen molar-refractivity contribution in [1.29, 1.82) is 0 Å². The molecule has 0 atom stereocenters. The molecule has 15 heavy (non-hydrogen) atoms. The number of ether oxygens (including phenoxy) is 1. The van der Waals surface area contributed by atoms with Crippen molar-refractivity contribution in [3.63, 3.8) is 0 Å². The number of nitrogens with zero attached hydrogens (tertiary/aromatic N) is 1. The molecule has 1 aromatic rings. The summed E-state index contributed by atoms with van der Waals surface area (Å²) >= 11 is 11.0. The Morgan fingerprint density at radius 1 is 1.40 bits per heavy atom. The Bertz CT molecular complexity index is 347. The van der Waals surface area contributed by atoms with Crippen LogP contribution in [0, 0.1) is 0 Å². The van der Waals surface area contributed by atoms with Gasteiger partial charge < -0.3 is 10.5 Å². The van der Waals surface area contributed by atoms with Gasteiger partial charge in [0.2, 0.25) is 0 Å². The predicted molar refractivity (Wildman–Crippen MR) is 48.8 cm³/mol. The van der Waals surface area contributed by atoms with Gasteiger partial charge in [-0.3, -0.25) is 0 Å². The summed E-state index contributed by atoms with van der Waals surface area (Å²) in [6.07, 6.45) is -4.86. The highest BCUT2D eigenvalue weighted by atomic mass is 35.5. The monoisotopic (exact) mass is 260 g/mol. The van der Waals surface area contributed by atoms with Crippen LogP contribution in [0.4, 0.5) is 13.2 Å². The van der Waals surface area contributed by atoms with Gasteiger partial charge in [0.25, 0.3) is 0 Å². The van der Waals surface area contributed by atoms with Gasteiger partial charge in [0.05, 0.1) is 10.7 Å². The average molecular weight is 261 g/mol. The third-order valence-electron chi connectivity index (χ3n) is 1.37. The third-order valence-corrected chi connectivity index (χ3v) is 1.90. The topological polar surface area (TPSA) is 48.1 Å². The SMILES string of the molecule is NCc1cc(Cl)c(OC(F)(F)F)c(Cl)n1. The summed E-state index contributed by atoms with van der Waals surface area (Å²) in [6, 6.07) is 1.16. The minimum Gasteiger partial charge on any atom is -0.401 e. The highest BCUT2D eigenvalue weighted by molar-refractivity contribution is 6.36. The second-order valence-electron chi connectivity index (χ2n) is 2.47. The van der Waals surface area contributed by atoms with Gasteiger partial charge in [-0.2, -0.15) is 0 Å². The highest BCUT2D eigenvalue weighted by Gasteiger charge is 2.33. The number of halogens is 5. The molecule has 8 heteroatoms. The van der Waals surface area contributed by atoms with E-state index in [9.17, 15) is 13.2 Å². The zero-order valence-corrected chi connectivity index (χ0v) is 8.62. The number of nitrogens with two attached hydrogens (primary N) is 1. The molecule has 84 valence electrons. The minimum absolute atomic E-state index is 0.0196. The van der Waals surface area contributed by atoms with Crippen molar-refractivity contribution >= 4 is 23.2 Å². The third kappa shape index (κ3) is 3.40. The Morgan fingerprint density at radius 2 is 2.00 bits per heavy atom. The quantitative estimate of drug-likeness (QED) is 0.832. The summed E-state index contributed by atoms with van der Waals surface area (Å²) in [4.78, 5) is 3.57. The molecule has 0 saturated heterocycles. The predicted octanol–water partition coefficient (Wildman–Crippen LogP) is 2.75. The molecular formula is C7H5Cl2F3N2O. The fourth-order valence-corrected chi connectivity index (χ4v) is 1.38. The molecule has 0 radical (unpaired) electrons. The largest absolute Gasteiger partial charge is 0.573 e. The molecule has 2 N–H and O–H groups in total. The summed E-state index contributed by atoms with van der Waals surface area (Å²) in [5.41, 5.74) is 5.50. The first-order chi connectivity index (χ1) is 6.83. The highest BCUT2D eigenvalue weighted by Crippen LogP contribution is 2.35. The minimum atomic E-state index is -4.86. The maximum atomic E-state index is 11.9. The van der Waals surface area contributed by atoms with Crippen LogP contribution in [-0.2, 0) is 6.54 Å². The van der Waals surface area contributed by atoms with E-state index in [0.717, 1.165) is 6.07 Å². The zero-order valence-electron chi connectivity index (χ0n) is 7.11. The smallest absolute Gasteiger partial charge is 0.401 e. The van der Waals surface area contributed by atoms with E-state index in [2.05, 4.69) is 9.72 Å². The normalized spacial score (nSPS) is 11.6. The Kier molecular flexibility index (Phi) is 3.64. The van der Waals surface area contributed by atoms with Crippen molar-refractivity contribution in [3.8, 4) is 5.75 Å². The van der Waals surface area contributed by atoms with Gasteiger partial charge in [-0.15, -0.1) is 13.2 Å². The summed E-state index contributed by atoms with van der Waals surface area (Å²) in [7, 11) is 0. The first-order valence-corrected chi connectivity index (χ1v) is 4.40. The number of hydrogen-bond donors (Lipinski definition) is 1. The van der Waals surface area contributed by atoms with E-state index in [1.165, 1.54) is 0 Å². The Labute approximate surface area is 92.9 Å². The van der Waals surface area contributed by atoms with Crippen molar-refractivity contribution in [2.24, 2.45) is 5.73 Å². The van der Waals surface area contributed by atoms with Crippen LogP contribution in [0.2, 0.25) is 10.2 Å². The molecular weight excluding hydrogens is 256 g/mol. The molecule has 1 heterocycles. The molecule has 0 amide bonds. The van der Waals surface area contributed by atoms with E-state index in [4.69, 9.17) is 28.9 Å². The molecule has 0 fully saturated rings. The van der Waals surface area contributed by atoms with Crippen LogP contribution in [0.15, 0.2) is 6.07 Å². The van der Waals surface area contributed by atoms with Gasteiger partial charge >= 0.3 is 6.36 Å². The van der Waals surface area contributed by atoms with E-state index in [-0.39, 0.29) is 17.3 Å². The van der Waals surface area contributed by atoms with Crippen molar-refractivity contribution in [1.82, 2.24) is 4.98 Å². The van der Waals surface area contributed by atoms with Crippen molar-refractivity contribution in [2.75, 3.05) is 0 Å². The summed E-state index contributed by atoms with van der Waals surface area (Å²) < 4.78 is 39.3. The van der Waals surface area contributed by atoms with Crippen LogP contribution >= 0.6 is 23.2 Å². The molecule has 0 saturated carbocycles. The number of hydrogen-bond acceptors (Lipinski definition) is 3. The van der Waals surface area contributed by atoms with E-state index in [0.29, 0.717) is 0 Å². The fraction of sp³-hybridized carbons (Fsp3) is 0.286. The Hall–Kier alpha value is -0.720. The van der Waals surface area contributed by atoms with Crippen molar-refractivity contribution in [3.05, 3.63) is 21.9 Å². The molecule has 0 spiro atoms. The number of alkyl halides is 3. The van der Waals surface area contributed by atoms with Crippen LogP contribution in [0.3, 0.4) is 0 Å². The maximum absolute atomic E-state index is 11.9. The molecule has 0 aromatic carbocycles. The van der Waals surface area contributed by atoms with Crippen LogP contribution in [0.5, 0.6) is 5.75 Å². The zero-order chi connectivity index (χ0) is 11.6. The molecule has 0 aliphatic heterocycles. The molecule has 1 rings (SSSR count). The average Bonchev–Trinajstić information content (AvgIpc) is 2.09. The summed E-state index contributed by atoms with van der Waals surface area (Å²) in [5.74, 6) is -0.719. The lowest BCUT2D eigenvalue weighted by Crippen LogP contribution is -2.18. The molecule has 0 aliphatic rings. The standard InChI is InChI=1S/C7H5Cl2F3N2O/c8-4-1-3(2-13)14-6(9)5(4)15-7(10,11)12/h1H,2,13H2. The first kappa shape index (κ1) is 12.4. The van der Waals surface area contributed by atoms with Crippen molar-refractivity contribution < 1.29 is 17.9 Å². The molecule has 0 bridgehead atoms. The Morgan fingerprint density at radius 3 is 2.40 bits per heavy atom. The number of aromatic nitrogens is 1. The number of pyridine rings is 1. The maximum Gasteiger partial charge on any atom is 0.573 e. The van der Waals surface area contributed by atoms with E-state index in [1.807, 2.05) is 0 Å². The van der Waals surface area contributed by atoms with Crippen LogP contribution < -0.4 is 10.5 Å². The molecule has 1 aromatic heterocycles. The van der Waals surface area contributed by atoms with Crippen molar-refractivity contribution in [2.45, 2.75) is 12.9 Å². The van der Waals surface area contributed by atoms with Gasteiger partial charge in [-0.05, 0) is 6.07 Å². The van der Waals surface area contributed by atoms with E-state index < -0.39 is 17.3 Å². The lowest BCUT2D eigenvalue weighted by molar-refractivity contribution is -0.274. The second-order valence-corrected chi connectivity index (χ2v) is 3.23. The van der Waals surface area contributed by atoms with Gasteiger partial charge in [0, 0.05) is 6.54 Å². The van der Waals surface area contributed by atoms with E-state index >= 15 is 0 Å². The summed E-state index contributed by atoms with van der Waals surface area (Å²) in [6.45, 7) is 0.0196. The Balaban J connectivity index is 3.09.